The molecule has 3 N–H and O–H groups in total. The van der Waals surface area contributed by atoms with Crippen LogP contribution in [0.25, 0.3) is 0 Å². The first kappa shape index (κ1) is 13.4. The molecule has 1 saturated heterocycles. The quantitative estimate of drug-likeness (QED) is 0.573. The highest BCUT2D eigenvalue weighted by atomic mass is 16.5. The second-order valence-corrected chi connectivity index (χ2v) is 4.32. The maximum Gasteiger partial charge on any atom is 0.234 e. The average Bonchev–Trinajstić information content (AvgIpc) is 2.72. The predicted molar refractivity (Wildman–Crippen MR) is 63.1 cm³/mol. The Labute approximate surface area is 97.3 Å². The van der Waals surface area contributed by atoms with E-state index in [1.807, 2.05) is 0 Å². The summed E-state index contributed by atoms with van der Waals surface area (Å²) in [6, 6.07) is 0. The van der Waals surface area contributed by atoms with E-state index in [0.717, 1.165) is 32.5 Å². The van der Waals surface area contributed by atoms with E-state index in [-0.39, 0.29) is 5.91 Å². The lowest BCUT2D eigenvalue weighted by molar-refractivity contribution is -0.122. The van der Waals surface area contributed by atoms with Gasteiger partial charge in [-0.05, 0) is 31.8 Å². The van der Waals surface area contributed by atoms with Crippen LogP contribution >= 0.6 is 0 Å². The van der Waals surface area contributed by atoms with Gasteiger partial charge in [0.15, 0.2) is 0 Å². The van der Waals surface area contributed by atoms with Gasteiger partial charge in [-0.1, -0.05) is 0 Å². The van der Waals surface area contributed by atoms with Gasteiger partial charge in [0.2, 0.25) is 5.91 Å². The molecule has 94 valence electrons. The maximum atomic E-state index is 11.5. The van der Waals surface area contributed by atoms with Gasteiger partial charge in [-0.3, -0.25) is 9.69 Å². The molecule has 0 bridgehead atoms. The predicted octanol–water partition coefficient (Wildman–Crippen LogP) is -0.580. The van der Waals surface area contributed by atoms with Gasteiger partial charge in [0.25, 0.3) is 0 Å². The molecule has 1 rings (SSSR count). The SMILES string of the molecule is COCCCNC(=O)CN1CCC(CN)C1. The second-order valence-electron chi connectivity index (χ2n) is 4.32. The maximum absolute atomic E-state index is 11.5. The first-order chi connectivity index (χ1) is 7.76. The Morgan fingerprint density at radius 3 is 3.06 bits per heavy atom. The number of nitrogens with two attached hydrogens (primary N) is 1. The standard InChI is InChI=1S/C11H23N3O2/c1-16-6-2-4-13-11(15)9-14-5-3-10(7-12)8-14/h10H,2-9,12H2,1H3,(H,13,15). The highest BCUT2D eigenvalue weighted by molar-refractivity contribution is 5.78. The lowest BCUT2D eigenvalue weighted by atomic mass is 10.1. The summed E-state index contributed by atoms with van der Waals surface area (Å²) < 4.78 is 4.91. The molecule has 5 heteroatoms. The number of hydrogen-bond acceptors (Lipinski definition) is 4. The molecule has 0 spiro atoms. The van der Waals surface area contributed by atoms with Gasteiger partial charge < -0.3 is 15.8 Å². The van der Waals surface area contributed by atoms with Crippen molar-refractivity contribution >= 4 is 5.91 Å². The van der Waals surface area contributed by atoms with Crippen molar-refractivity contribution in [2.75, 3.05) is 46.4 Å². The van der Waals surface area contributed by atoms with Crippen LogP contribution in [0.1, 0.15) is 12.8 Å². The first-order valence-corrected chi connectivity index (χ1v) is 5.94. The molecule has 1 amide bonds. The summed E-state index contributed by atoms with van der Waals surface area (Å²) in [6.45, 7) is 4.57. The number of hydrogen-bond donors (Lipinski definition) is 2. The lowest BCUT2D eigenvalue weighted by Gasteiger charge is -2.15. The molecule has 1 aliphatic rings. The van der Waals surface area contributed by atoms with Gasteiger partial charge in [-0.2, -0.15) is 0 Å². The summed E-state index contributed by atoms with van der Waals surface area (Å²) in [6.07, 6.45) is 1.99. The highest BCUT2D eigenvalue weighted by Crippen LogP contribution is 2.13. The normalized spacial score (nSPS) is 21.2. The summed E-state index contributed by atoms with van der Waals surface area (Å²) in [4.78, 5) is 13.7. The number of ether oxygens (including phenoxy) is 1. The summed E-state index contributed by atoms with van der Waals surface area (Å²) in [5.41, 5.74) is 5.60. The number of likely N-dealkylation sites (tertiary alicyclic amines) is 1. The molecular weight excluding hydrogens is 206 g/mol. The third-order valence-corrected chi connectivity index (χ3v) is 2.92. The second kappa shape index (κ2) is 7.60. The zero-order valence-corrected chi connectivity index (χ0v) is 10.1. The van der Waals surface area contributed by atoms with E-state index in [1.54, 1.807) is 7.11 Å². The molecule has 5 nitrogen and oxygen atoms in total. The summed E-state index contributed by atoms with van der Waals surface area (Å²) in [7, 11) is 1.67. The molecule has 1 heterocycles. The Morgan fingerprint density at radius 2 is 2.44 bits per heavy atom. The minimum atomic E-state index is 0.105. The molecule has 0 aromatic rings. The van der Waals surface area contributed by atoms with E-state index in [0.29, 0.717) is 25.6 Å². The minimum absolute atomic E-state index is 0.105. The van der Waals surface area contributed by atoms with Gasteiger partial charge in [-0.15, -0.1) is 0 Å². The molecule has 1 aliphatic heterocycles. The number of carbonyl (C=O) groups is 1. The van der Waals surface area contributed by atoms with Gasteiger partial charge in [0.05, 0.1) is 6.54 Å². The van der Waals surface area contributed by atoms with Crippen molar-refractivity contribution in [3.05, 3.63) is 0 Å². The van der Waals surface area contributed by atoms with Crippen molar-refractivity contribution in [3.8, 4) is 0 Å². The zero-order chi connectivity index (χ0) is 11.8. The van der Waals surface area contributed by atoms with Gasteiger partial charge >= 0.3 is 0 Å². The van der Waals surface area contributed by atoms with Crippen molar-refractivity contribution in [3.63, 3.8) is 0 Å². The minimum Gasteiger partial charge on any atom is -0.385 e. The fourth-order valence-corrected chi connectivity index (χ4v) is 1.95. The number of rotatable bonds is 7. The van der Waals surface area contributed by atoms with Crippen molar-refractivity contribution in [1.82, 2.24) is 10.2 Å². The average molecular weight is 229 g/mol. The Bertz CT molecular complexity index is 211. The number of nitrogens with one attached hydrogen (secondary N) is 1. The summed E-state index contributed by atoms with van der Waals surface area (Å²) >= 11 is 0. The van der Waals surface area contributed by atoms with Crippen LogP contribution in [0.4, 0.5) is 0 Å². The van der Waals surface area contributed by atoms with E-state index >= 15 is 0 Å². The van der Waals surface area contributed by atoms with E-state index in [1.165, 1.54) is 0 Å². The van der Waals surface area contributed by atoms with E-state index in [9.17, 15) is 4.79 Å². The topological polar surface area (TPSA) is 67.6 Å². The monoisotopic (exact) mass is 229 g/mol. The molecule has 16 heavy (non-hydrogen) atoms. The molecule has 0 aliphatic carbocycles. The fraction of sp³-hybridized carbons (Fsp3) is 0.909. The van der Waals surface area contributed by atoms with Gasteiger partial charge in [-0.25, -0.2) is 0 Å². The summed E-state index contributed by atoms with van der Waals surface area (Å²) in [5.74, 6) is 0.676. The highest BCUT2D eigenvalue weighted by Gasteiger charge is 2.22. The fourth-order valence-electron chi connectivity index (χ4n) is 1.95. The zero-order valence-electron chi connectivity index (χ0n) is 10.1. The number of methoxy groups -OCH3 is 1. The Kier molecular flexibility index (Phi) is 6.37. The van der Waals surface area contributed by atoms with Crippen LogP contribution in [-0.2, 0) is 9.53 Å². The van der Waals surface area contributed by atoms with Crippen LogP contribution in [0.2, 0.25) is 0 Å². The molecule has 0 aromatic heterocycles. The van der Waals surface area contributed by atoms with E-state index < -0.39 is 0 Å². The van der Waals surface area contributed by atoms with Crippen LogP contribution < -0.4 is 11.1 Å². The molecule has 1 unspecified atom stereocenters. The van der Waals surface area contributed by atoms with Crippen LogP contribution in [0, 0.1) is 5.92 Å². The Morgan fingerprint density at radius 1 is 1.62 bits per heavy atom. The third-order valence-electron chi connectivity index (χ3n) is 2.92. The molecule has 0 radical (unpaired) electrons. The van der Waals surface area contributed by atoms with Crippen LogP contribution in [-0.4, -0.2) is 57.2 Å². The van der Waals surface area contributed by atoms with Crippen LogP contribution in [0.3, 0.4) is 0 Å². The summed E-state index contributed by atoms with van der Waals surface area (Å²) in [5, 5.41) is 2.89. The van der Waals surface area contributed by atoms with Gasteiger partial charge in [0.1, 0.15) is 0 Å². The number of nitrogens with zero attached hydrogens (tertiary/aromatic N) is 1. The van der Waals surface area contributed by atoms with Crippen LogP contribution in [0.5, 0.6) is 0 Å². The molecule has 1 fully saturated rings. The Balaban J connectivity index is 2.06. The third kappa shape index (κ3) is 4.92. The van der Waals surface area contributed by atoms with Crippen LogP contribution in [0.15, 0.2) is 0 Å². The molecule has 0 aromatic carbocycles. The first-order valence-electron chi connectivity index (χ1n) is 5.94. The Hall–Kier alpha value is -0.650. The van der Waals surface area contributed by atoms with E-state index in [4.69, 9.17) is 10.5 Å². The molecular formula is C11H23N3O2. The van der Waals surface area contributed by atoms with Gasteiger partial charge in [0, 0.05) is 26.8 Å². The van der Waals surface area contributed by atoms with Crippen molar-refractivity contribution in [2.24, 2.45) is 11.7 Å². The van der Waals surface area contributed by atoms with E-state index in [2.05, 4.69) is 10.2 Å². The number of amides is 1. The largest absolute Gasteiger partial charge is 0.385 e. The number of carbonyl (C=O) groups excluding carboxylic acids is 1. The van der Waals surface area contributed by atoms with Crippen molar-refractivity contribution in [2.45, 2.75) is 12.8 Å². The van der Waals surface area contributed by atoms with Crippen molar-refractivity contribution in [1.29, 1.82) is 0 Å². The smallest absolute Gasteiger partial charge is 0.234 e. The van der Waals surface area contributed by atoms with Crippen molar-refractivity contribution < 1.29 is 9.53 Å². The lowest BCUT2D eigenvalue weighted by Crippen LogP contribution is -2.37. The molecule has 0 saturated carbocycles. The molecule has 1 atom stereocenters.